The molecule has 2 amide bonds. The van der Waals surface area contributed by atoms with Crippen LogP contribution in [0.15, 0.2) is 77.7 Å². The van der Waals surface area contributed by atoms with Gasteiger partial charge in [0.25, 0.3) is 11.8 Å². The third-order valence-electron chi connectivity index (χ3n) is 5.19. The van der Waals surface area contributed by atoms with E-state index in [1.54, 1.807) is 10.8 Å². The molecule has 8 heteroatoms. The minimum absolute atomic E-state index is 0.0271. The summed E-state index contributed by atoms with van der Waals surface area (Å²) in [6.07, 6.45) is 0.489. The number of likely N-dealkylation sites (N-methyl/N-ethyl adjacent to an activating group) is 1. The van der Waals surface area contributed by atoms with E-state index in [0.29, 0.717) is 19.4 Å². The lowest BCUT2D eigenvalue weighted by Gasteiger charge is -2.23. The lowest BCUT2D eigenvalue weighted by Crippen LogP contribution is -2.53. The van der Waals surface area contributed by atoms with Crippen LogP contribution < -0.4 is 9.88 Å². The topological polar surface area (TPSA) is 107 Å². The van der Waals surface area contributed by atoms with Crippen LogP contribution in [-0.2, 0) is 29.1 Å². The zero-order valence-electron chi connectivity index (χ0n) is 17.9. The van der Waals surface area contributed by atoms with Crippen LogP contribution in [0.5, 0.6) is 0 Å². The fraction of sp³-hybridized carbons (Fsp3) is 0.292. The highest BCUT2D eigenvalue weighted by atomic mass is 16.3. The number of aliphatic hydroxyl groups excluding tert-OH is 2. The van der Waals surface area contributed by atoms with Crippen molar-refractivity contribution in [2.45, 2.75) is 31.7 Å². The van der Waals surface area contributed by atoms with Gasteiger partial charge in [-0.1, -0.05) is 60.7 Å². The van der Waals surface area contributed by atoms with Crippen molar-refractivity contribution in [3.8, 4) is 0 Å². The van der Waals surface area contributed by atoms with Crippen molar-refractivity contribution in [3.63, 3.8) is 0 Å². The van der Waals surface area contributed by atoms with Crippen molar-refractivity contribution < 1.29 is 28.8 Å². The summed E-state index contributed by atoms with van der Waals surface area (Å²) in [6, 6.07) is 19.4. The van der Waals surface area contributed by atoms with Crippen LogP contribution in [0, 0.1) is 0 Å². The number of benzene rings is 2. The summed E-state index contributed by atoms with van der Waals surface area (Å²) in [7, 11) is 1.52. The third-order valence-corrected chi connectivity index (χ3v) is 5.19. The van der Waals surface area contributed by atoms with E-state index in [1.165, 1.54) is 18.3 Å². The fourth-order valence-electron chi connectivity index (χ4n) is 3.23. The summed E-state index contributed by atoms with van der Waals surface area (Å²) in [4.78, 5) is 26.0. The van der Waals surface area contributed by atoms with Gasteiger partial charge in [0, 0.05) is 13.6 Å². The van der Waals surface area contributed by atoms with Gasteiger partial charge in [-0.25, -0.2) is 0 Å². The lowest BCUT2D eigenvalue weighted by atomic mass is 10.1. The van der Waals surface area contributed by atoms with E-state index in [1.807, 2.05) is 60.7 Å². The van der Waals surface area contributed by atoms with Gasteiger partial charge < -0.3 is 19.5 Å². The van der Waals surface area contributed by atoms with E-state index in [-0.39, 0.29) is 6.67 Å². The Balaban J connectivity index is 1.49. The molecule has 168 valence electrons. The Morgan fingerprint density at radius 1 is 1.00 bits per heavy atom. The number of hydrogen-bond donors (Lipinski definition) is 3. The maximum absolute atomic E-state index is 12.4. The maximum Gasteiger partial charge on any atom is 0.336 e. The molecule has 0 aliphatic heterocycles. The summed E-state index contributed by atoms with van der Waals surface area (Å²) >= 11 is 0. The molecule has 32 heavy (non-hydrogen) atoms. The number of nitrogens with zero attached hydrogens (tertiary/aromatic N) is 2. The Kier molecular flexibility index (Phi) is 8.13. The van der Waals surface area contributed by atoms with Gasteiger partial charge in [0.2, 0.25) is 12.4 Å². The summed E-state index contributed by atoms with van der Waals surface area (Å²) in [5, 5.41) is 22.9. The van der Waals surface area contributed by atoms with E-state index in [9.17, 15) is 19.8 Å². The molecule has 3 rings (SSSR count). The average Bonchev–Trinajstić information content (AvgIpc) is 3.27. The van der Waals surface area contributed by atoms with Crippen LogP contribution in [0.1, 0.15) is 16.8 Å². The van der Waals surface area contributed by atoms with Gasteiger partial charge in [-0.2, -0.15) is 0 Å². The molecule has 0 aliphatic carbocycles. The zero-order chi connectivity index (χ0) is 22.9. The molecule has 0 bridgehead atoms. The van der Waals surface area contributed by atoms with E-state index in [4.69, 9.17) is 4.42 Å². The van der Waals surface area contributed by atoms with Gasteiger partial charge in [0.05, 0.1) is 6.42 Å². The first-order valence-corrected chi connectivity index (χ1v) is 10.4. The summed E-state index contributed by atoms with van der Waals surface area (Å²) in [5.74, 6) is -1.56. The highest BCUT2D eigenvalue weighted by Crippen LogP contribution is 2.06. The molecular weight excluding hydrogens is 410 g/mol. The number of oxazole rings is 1. The van der Waals surface area contributed by atoms with E-state index in [2.05, 4.69) is 5.32 Å². The first-order chi connectivity index (χ1) is 15.5. The van der Waals surface area contributed by atoms with Crippen LogP contribution >= 0.6 is 0 Å². The molecule has 0 aliphatic rings. The zero-order valence-corrected chi connectivity index (χ0v) is 17.9. The number of carbonyl (C=O) groups is 2. The second-order valence-electron chi connectivity index (χ2n) is 7.57. The number of nitrogens with one attached hydrogen (secondary N) is 1. The molecule has 3 aromatic rings. The molecule has 0 saturated carbocycles. The molecule has 0 fully saturated rings. The number of amides is 2. The quantitative estimate of drug-likeness (QED) is 0.403. The average molecular weight is 439 g/mol. The van der Waals surface area contributed by atoms with Crippen LogP contribution in [0.2, 0.25) is 0 Å². The molecular formula is C24H28N3O5+. The Bertz CT molecular complexity index is 1010. The van der Waals surface area contributed by atoms with Crippen molar-refractivity contribution in [1.29, 1.82) is 0 Å². The van der Waals surface area contributed by atoms with Crippen LogP contribution in [-0.4, -0.2) is 52.7 Å². The number of aromatic nitrogens is 1. The molecule has 3 N–H and O–H groups in total. The molecule has 1 heterocycles. The number of hydrogen-bond acceptors (Lipinski definition) is 5. The smallest absolute Gasteiger partial charge is 0.336 e. The molecule has 0 saturated heterocycles. The van der Waals surface area contributed by atoms with Crippen molar-refractivity contribution in [2.24, 2.45) is 0 Å². The fourth-order valence-corrected chi connectivity index (χ4v) is 3.23. The molecule has 8 nitrogen and oxygen atoms in total. The van der Waals surface area contributed by atoms with E-state index < -0.39 is 24.0 Å². The molecule has 0 radical (unpaired) electrons. The number of carbonyl (C=O) groups excluding carboxylic acids is 2. The van der Waals surface area contributed by atoms with Crippen molar-refractivity contribution >= 4 is 11.8 Å². The maximum atomic E-state index is 12.4. The Morgan fingerprint density at radius 2 is 1.62 bits per heavy atom. The standard InChI is InChI=1S/C24H27N3O5/c1-26(13-12-18-8-4-2-5-9-18)24(31)22(29)21(28)23(30)25-16-27-17-32-15-20(27)14-19-10-6-3-7-11-19/h2-11,15,17,21-22,28-29H,12-14,16H2,1H3/p+1/t21-,22-/m1/s1. The van der Waals surface area contributed by atoms with Gasteiger partial charge in [-0.05, 0) is 17.5 Å². The highest BCUT2D eigenvalue weighted by Gasteiger charge is 2.32. The van der Waals surface area contributed by atoms with Crippen LogP contribution in [0.3, 0.4) is 0 Å². The van der Waals surface area contributed by atoms with Crippen molar-refractivity contribution in [3.05, 3.63) is 90.1 Å². The van der Waals surface area contributed by atoms with Gasteiger partial charge in [0.15, 0.2) is 18.5 Å². The van der Waals surface area contributed by atoms with Gasteiger partial charge in [0.1, 0.15) is 0 Å². The Hall–Kier alpha value is -3.49. The van der Waals surface area contributed by atoms with Gasteiger partial charge >= 0.3 is 6.39 Å². The first-order valence-electron chi connectivity index (χ1n) is 10.4. The minimum Gasteiger partial charge on any atom is -0.412 e. The van der Waals surface area contributed by atoms with Crippen LogP contribution in [0.25, 0.3) is 0 Å². The summed E-state index contributed by atoms with van der Waals surface area (Å²) in [5.41, 5.74) is 2.94. The molecule has 2 aromatic carbocycles. The molecule has 2 atom stereocenters. The predicted octanol–water partition coefficient (Wildman–Crippen LogP) is 0.654. The summed E-state index contributed by atoms with van der Waals surface area (Å²) in [6.45, 7) is 0.376. The van der Waals surface area contributed by atoms with Crippen molar-refractivity contribution in [1.82, 2.24) is 10.2 Å². The Labute approximate surface area is 186 Å². The second-order valence-corrected chi connectivity index (χ2v) is 7.57. The van der Waals surface area contributed by atoms with Crippen LogP contribution in [0.4, 0.5) is 0 Å². The van der Waals surface area contributed by atoms with Crippen molar-refractivity contribution in [2.75, 3.05) is 13.6 Å². The van der Waals surface area contributed by atoms with Gasteiger partial charge in [-0.15, -0.1) is 4.57 Å². The minimum atomic E-state index is -1.88. The molecule has 1 aromatic heterocycles. The number of rotatable bonds is 10. The largest absolute Gasteiger partial charge is 0.412 e. The molecule has 0 spiro atoms. The summed E-state index contributed by atoms with van der Waals surface area (Å²) < 4.78 is 6.91. The van der Waals surface area contributed by atoms with E-state index in [0.717, 1.165) is 16.8 Å². The lowest BCUT2D eigenvalue weighted by molar-refractivity contribution is -0.709. The first kappa shape index (κ1) is 23.2. The Morgan fingerprint density at radius 3 is 2.28 bits per heavy atom. The third kappa shape index (κ3) is 6.26. The highest BCUT2D eigenvalue weighted by molar-refractivity contribution is 5.90. The van der Waals surface area contributed by atoms with Gasteiger partial charge in [-0.3, -0.25) is 14.9 Å². The monoisotopic (exact) mass is 438 g/mol. The predicted molar refractivity (Wildman–Crippen MR) is 116 cm³/mol. The normalized spacial score (nSPS) is 12.7. The van der Waals surface area contributed by atoms with E-state index >= 15 is 0 Å². The SMILES string of the molecule is CN(CCc1ccccc1)C(=O)[C@H](O)[C@@H](O)C(=O)NC[n+]1cocc1Cc1ccccc1. The second kappa shape index (κ2) is 11.2. The molecule has 0 unspecified atom stereocenters. The number of aliphatic hydroxyl groups is 2.